The zero-order valence-electron chi connectivity index (χ0n) is 12.8. The zero-order valence-corrected chi connectivity index (χ0v) is 12.8. The van der Waals surface area contributed by atoms with E-state index in [1.165, 1.54) is 5.56 Å². The third kappa shape index (κ3) is 4.18. The molecule has 1 N–H and O–H groups in total. The molecule has 2 aromatic rings. The lowest BCUT2D eigenvalue weighted by Gasteiger charge is -2.05. The molecule has 0 aliphatic heterocycles. The van der Waals surface area contributed by atoms with Crippen LogP contribution in [0.4, 0.5) is 0 Å². The largest absolute Gasteiger partial charge is 0.441 e. The molecule has 0 spiro atoms. The number of rotatable bonds is 6. The summed E-state index contributed by atoms with van der Waals surface area (Å²) >= 11 is 0. The summed E-state index contributed by atoms with van der Waals surface area (Å²) in [7, 11) is 0. The van der Waals surface area contributed by atoms with Gasteiger partial charge >= 0.3 is 0 Å². The Hall–Kier alpha value is -2.10. The van der Waals surface area contributed by atoms with Gasteiger partial charge in [0.1, 0.15) is 0 Å². The lowest BCUT2D eigenvalue weighted by atomic mass is 10.0. The van der Waals surface area contributed by atoms with E-state index >= 15 is 0 Å². The number of aryl methyl sites for hydroxylation is 1. The Labute approximate surface area is 125 Å². The number of carbonyl (C=O) groups excluding carboxylic acids is 1. The quantitative estimate of drug-likeness (QED) is 0.883. The van der Waals surface area contributed by atoms with E-state index in [1.807, 2.05) is 19.1 Å². The lowest BCUT2D eigenvalue weighted by Crippen LogP contribution is -2.22. The summed E-state index contributed by atoms with van der Waals surface area (Å²) in [5.41, 5.74) is 2.31. The van der Waals surface area contributed by atoms with Crippen molar-refractivity contribution in [2.75, 3.05) is 6.54 Å². The van der Waals surface area contributed by atoms with Gasteiger partial charge in [-0.05, 0) is 18.4 Å². The highest BCUT2D eigenvalue weighted by atomic mass is 16.4. The van der Waals surface area contributed by atoms with Crippen molar-refractivity contribution in [3.8, 4) is 11.3 Å². The average molecular weight is 286 g/mol. The smallest absolute Gasteiger partial charge is 0.220 e. The van der Waals surface area contributed by atoms with Gasteiger partial charge in [0.05, 0.1) is 6.20 Å². The highest BCUT2D eigenvalue weighted by Gasteiger charge is 2.09. The molecular formula is C17H22N2O2. The predicted octanol–water partition coefficient (Wildman–Crippen LogP) is 3.53. The molecule has 1 amide bonds. The second kappa shape index (κ2) is 7.07. The van der Waals surface area contributed by atoms with Crippen molar-refractivity contribution >= 4 is 5.91 Å². The maximum absolute atomic E-state index is 11.4. The van der Waals surface area contributed by atoms with Crippen LogP contribution in [0.15, 0.2) is 34.9 Å². The molecule has 112 valence electrons. The van der Waals surface area contributed by atoms with Crippen molar-refractivity contribution in [1.29, 1.82) is 0 Å². The van der Waals surface area contributed by atoms with Crippen molar-refractivity contribution in [2.45, 2.75) is 39.5 Å². The molecular weight excluding hydrogens is 264 g/mol. The molecule has 0 radical (unpaired) electrons. The summed E-state index contributed by atoms with van der Waals surface area (Å²) in [6.07, 6.45) is 2.65. The molecule has 2 rings (SSSR count). The van der Waals surface area contributed by atoms with Crippen LogP contribution in [0.1, 0.15) is 44.6 Å². The standard InChI is InChI=1S/C17H22N2O2/c1-4-18-16(20)9-10-17-19-11-15(21-17)14-7-5-13(6-8-14)12(2)3/h5-8,11-12H,4,9-10H2,1-3H3,(H,18,20). The minimum Gasteiger partial charge on any atom is -0.441 e. The Morgan fingerprint density at radius 1 is 1.29 bits per heavy atom. The van der Waals surface area contributed by atoms with Crippen LogP contribution in [0.5, 0.6) is 0 Å². The van der Waals surface area contributed by atoms with E-state index in [1.54, 1.807) is 6.20 Å². The molecule has 0 saturated carbocycles. The van der Waals surface area contributed by atoms with Crippen molar-refractivity contribution in [2.24, 2.45) is 0 Å². The second-order valence-electron chi connectivity index (χ2n) is 5.35. The molecule has 1 heterocycles. The van der Waals surface area contributed by atoms with Crippen LogP contribution >= 0.6 is 0 Å². The van der Waals surface area contributed by atoms with Gasteiger partial charge in [-0.1, -0.05) is 38.1 Å². The fourth-order valence-corrected chi connectivity index (χ4v) is 2.10. The van der Waals surface area contributed by atoms with Crippen molar-refractivity contribution in [1.82, 2.24) is 10.3 Å². The number of nitrogens with one attached hydrogen (secondary N) is 1. The van der Waals surface area contributed by atoms with Gasteiger partial charge in [0.2, 0.25) is 5.91 Å². The Bertz CT molecular complexity index is 585. The van der Waals surface area contributed by atoms with Crippen molar-refractivity contribution in [3.63, 3.8) is 0 Å². The summed E-state index contributed by atoms with van der Waals surface area (Å²) in [5, 5.41) is 2.76. The number of amides is 1. The molecule has 0 bridgehead atoms. The fraction of sp³-hybridized carbons (Fsp3) is 0.412. The molecule has 0 aliphatic carbocycles. The van der Waals surface area contributed by atoms with Crippen molar-refractivity contribution < 1.29 is 9.21 Å². The summed E-state index contributed by atoms with van der Waals surface area (Å²) in [6.45, 7) is 6.89. The Balaban J connectivity index is 2.00. The first kappa shape index (κ1) is 15.3. The minimum atomic E-state index is 0.0264. The number of hydrogen-bond donors (Lipinski definition) is 1. The van der Waals surface area contributed by atoms with Crippen LogP contribution in [-0.4, -0.2) is 17.4 Å². The monoisotopic (exact) mass is 286 g/mol. The summed E-state index contributed by atoms with van der Waals surface area (Å²) in [5.74, 6) is 1.89. The number of benzene rings is 1. The SMILES string of the molecule is CCNC(=O)CCc1ncc(-c2ccc(C(C)C)cc2)o1. The van der Waals surface area contributed by atoms with Gasteiger partial charge in [-0.25, -0.2) is 4.98 Å². The van der Waals surface area contributed by atoms with Crippen LogP contribution in [0.3, 0.4) is 0 Å². The van der Waals surface area contributed by atoms with Crippen molar-refractivity contribution in [3.05, 3.63) is 41.9 Å². The highest BCUT2D eigenvalue weighted by Crippen LogP contribution is 2.23. The maximum Gasteiger partial charge on any atom is 0.220 e. The molecule has 4 nitrogen and oxygen atoms in total. The zero-order chi connectivity index (χ0) is 15.2. The topological polar surface area (TPSA) is 55.1 Å². The molecule has 21 heavy (non-hydrogen) atoms. The van der Waals surface area contributed by atoms with Gasteiger partial charge in [0.25, 0.3) is 0 Å². The highest BCUT2D eigenvalue weighted by molar-refractivity contribution is 5.75. The van der Waals surface area contributed by atoms with Gasteiger partial charge in [-0.15, -0.1) is 0 Å². The van der Waals surface area contributed by atoms with Crippen LogP contribution in [0.2, 0.25) is 0 Å². The lowest BCUT2D eigenvalue weighted by molar-refractivity contribution is -0.121. The molecule has 0 fully saturated rings. The number of nitrogens with zero attached hydrogens (tertiary/aromatic N) is 1. The van der Waals surface area contributed by atoms with E-state index < -0.39 is 0 Å². The van der Waals surface area contributed by atoms with Gasteiger partial charge < -0.3 is 9.73 Å². The normalized spacial score (nSPS) is 10.9. The summed E-state index contributed by atoms with van der Waals surface area (Å²) in [4.78, 5) is 15.6. The number of hydrogen-bond acceptors (Lipinski definition) is 3. The minimum absolute atomic E-state index is 0.0264. The van der Waals surface area contributed by atoms with Gasteiger partial charge in [-0.2, -0.15) is 0 Å². The number of aromatic nitrogens is 1. The number of carbonyl (C=O) groups is 1. The van der Waals surface area contributed by atoms with E-state index in [9.17, 15) is 4.79 Å². The summed E-state index contributed by atoms with van der Waals surface area (Å²) < 4.78 is 5.71. The molecule has 0 aliphatic rings. The van der Waals surface area contributed by atoms with E-state index in [0.29, 0.717) is 31.2 Å². The van der Waals surface area contributed by atoms with E-state index in [2.05, 4.69) is 36.3 Å². The Morgan fingerprint density at radius 3 is 2.62 bits per heavy atom. The third-order valence-electron chi connectivity index (χ3n) is 3.36. The van der Waals surface area contributed by atoms with E-state index in [0.717, 1.165) is 11.3 Å². The van der Waals surface area contributed by atoms with Gasteiger partial charge in [0.15, 0.2) is 11.7 Å². The molecule has 1 aromatic heterocycles. The molecule has 0 unspecified atom stereocenters. The maximum atomic E-state index is 11.4. The van der Waals surface area contributed by atoms with Crippen LogP contribution < -0.4 is 5.32 Å². The third-order valence-corrected chi connectivity index (χ3v) is 3.36. The Kier molecular flexibility index (Phi) is 5.14. The van der Waals surface area contributed by atoms with Crippen LogP contribution in [-0.2, 0) is 11.2 Å². The van der Waals surface area contributed by atoms with Gasteiger partial charge in [-0.3, -0.25) is 4.79 Å². The second-order valence-corrected chi connectivity index (χ2v) is 5.35. The first-order valence-electron chi connectivity index (χ1n) is 7.42. The molecule has 0 saturated heterocycles. The Morgan fingerprint density at radius 2 is 2.00 bits per heavy atom. The molecule has 4 heteroatoms. The van der Waals surface area contributed by atoms with E-state index in [-0.39, 0.29) is 5.91 Å². The fourth-order valence-electron chi connectivity index (χ4n) is 2.10. The van der Waals surface area contributed by atoms with E-state index in [4.69, 9.17) is 4.42 Å². The molecule has 0 atom stereocenters. The predicted molar refractivity (Wildman–Crippen MR) is 83.0 cm³/mol. The van der Waals surface area contributed by atoms with Crippen LogP contribution in [0.25, 0.3) is 11.3 Å². The molecule has 1 aromatic carbocycles. The average Bonchev–Trinajstić information content (AvgIpc) is 2.94. The first-order chi connectivity index (χ1) is 10.1. The van der Waals surface area contributed by atoms with Crippen LogP contribution in [0, 0.1) is 0 Å². The first-order valence-corrected chi connectivity index (χ1v) is 7.42. The number of oxazole rings is 1. The summed E-state index contributed by atoms with van der Waals surface area (Å²) in [6, 6.07) is 8.31. The van der Waals surface area contributed by atoms with Gasteiger partial charge in [0, 0.05) is 24.9 Å².